The molecule has 0 saturated carbocycles. The molecule has 2 N–H and O–H groups in total. The lowest BCUT2D eigenvalue weighted by Gasteiger charge is -2.07. The van der Waals surface area contributed by atoms with E-state index in [9.17, 15) is 0 Å². The Balaban J connectivity index is 1.60. The molecule has 23 heavy (non-hydrogen) atoms. The van der Waals surface area contributed by atoms with Crippen molar-refractivity contribution in [3.05, 3.63) is 59.2 Å². The van der Waals surface area contributed by atoms with Crippen molar-refractivity contribution in [1.29, 1.82) is 5.53 Å². The second-order valence-electron chi connectivity index (χ2n) is 5.56. The van der Waals surface area contributed by atoms with Gasteiger partial charge in [-0.15, -0.1) is 0 Å². The predicted octanol–water partition coefficient (Wildman–Crippen LogP) is 3.64. The normalized spacial score (nSPS) is 13.5. The van der Waals surface area contributed by atoms with E-state index in [4.69, 9.17) is 10.3 Å². The molecule has 3 rings (SSSR count). The summed E-state index contributed by atoms with van der Waals surface area (Å²) < 4.78 is 5.43. The minimum atomic E-state index is 0.143. The van der Waals surface area contributed by atoms with Crippen LogP contribution in [0.25, 0.3) is 0 Å². The summed E-state index contributed by atoms with van der Waals surface area (Å²) in [6, 6.07) is 6.64. The summed E-state index contributed by atoms with van der Waals surface area (Å²) in [6.07, 6.45) is 8.59. The minimum absolute atomic E-state index is 0.143. The third kappa shape index (κ3) is 3.91. The first-order valence-electron chi connectivity index (χ1n) is 7.61. The number of rotatable bonds is 6. The van der Waals surface area contributed by atoms with Gasteiger partial charge in [0, 0.05) is 24.3 Å². The molecular weight excluding hydrogens is 290 g/mol. The fraction of sp³-hybridized carbons (Fsp3) is 0.294. The van der Waals surface area contributed by atoms with E-state index in [0.717, 1.165) is 17.7 Å². The number of nitrogens with zero attached hydrogens (tertiary/aromatic N) is 3. The molecule has 1 heterocycles. The van der Waals surface area contributed by atoms with Crippen molar-refractivity contribution in [1.82, 2.24) is 9.97 Å². The number of hydrogen-bond acceptors (Lipinski definition) is 6. The Morgan fingerprint density at radius 2 is 2.09 bits per heavy atom. The highest BCUT2D eigenvalue weighted by Crippen LogP contribution is 2.25. The van der Waals surface area contributed by atoms with Gasteiger partial charge in [-0.25, -0.2) is 15.5 Å². The molecule has 6 heteroatoms. The van der Waals surface area contributed by atoms with Crippen LogP contribution in [-0.2, 0) is 12.8 Å². The molecule has 0 spiro atoms. The molecule has 0 saturated heterocycles. The van der Waals surface area contributed by atoms with Crippen molar-refractivity contribution in [2.75, 3.05) is 11.9 Å². The van der Waals surface area contributed by atoms with Gasteiger partial charge in [-0.3, -0.25) is 0 Å². The standard InChI is InChI=1S/C17H19N5O/c1-12-8-20-17(21-9-12)23-11-16(22-18)10-19-15-6-5-13-3-2-4-14(13)7-15/h5-10,18-19H,2-4,11H2,1H3/b16-10-,22-18?. The molecule has 0 atom stereocenters. The van der Waals surface area contributed by atoms with Gasteiger partial charge in [0.1, 0.15) is 12.3 Å². The van der Waals surface area contributed by atoms with Crippen LogP contribution in [0.1, 0.15) is 23.1 Å². The molecule has 6 nitrogen and oxygen atoms in total. The van der Waals surface area contributed by atoms with Crippen LogP contribution in [0.2, 0.25) is 0 Å². The number of aromatic nitrogens is 2. The average molecular weight is 309 g/mol. The van der Waals surface area contributed by atoms with Crippen molar-refractivity contribution in [2.24, 2.45) is 5.11 Å². The maximum absolute atomic E-state index is 7.24. The Morgan fingerprint density at radius 1 is 1.30 bits per heavy atom. The van der Waals surface area contributed by atoms with Gasteiger partial charge in [0.15, 0.2) is 0 Å². The zero-order chi connectivity index (χ0) is 16.1. The molecule has 0 unspecified atom stereocenters. The van der Waals surface area contributed by atoms with Crippen LogP contribution in [-0.4, -0.2) is 16.6 Å². The monoisotopic (exact) mass is 309 g/mol. The Kier molecular flexibility index (Phi) is 4.61. The van der Waals surface area contributed by atoms with Gasteiger partial charge in [0.25, 0.3) is 0 Å². The van der Waals surface area contributed by atoms with Crippen molar-refractivity contribution >= 4 is 5.69 Å². The smallest absolute Gasteiger partial charge is 0.316 e. The molecule has 2 aromatic rings. The number of benzene rings is 1. The summed E-state index contributed by atoms with van der Waals surface area (Å²) in [5.41, 5.74) is 12.5. The van der Waals surface area contributed by atoms with Gasteiger partial charge in [0.2, 0.25) is 0 Å². The number of ether oxygens (including phenoxy) is 1. The van der Waals surface area contributed by atoms with Crippen LogP contribution in [0.4, 0.5) is 5.69 Å². The molecule has 0 radical (unpaired) electrons. The summed E-state index contributed by atoms with van der Waals surface area (Å²) in [5.74, 6) is 0. The molecule has 0 bridgehead atoms. The largest absolute Gasteiger partial charge is 0.457 e. The van der Waals surface area contributed by atoms with Gasteiger partial charge in [-0.05, 0) is 55.0 Å². The topological polar surface area (TPSA) is 83.2 Å². The maximum Gasteiger partial charge on any atom is 0.316 e. The molecule has 0 aliphatic heterocycles. The molecular formula is C17H19N5O. The molecule has 0 fully saturated rings. The Bertz CT molecular complexity index is 724. The number of anilines is 1. The van der Waals surface area contributed by atoms with E-state index < -0.39 is 0 Å². The highest BCUT2D eigenvalue weighted by molar-refractivity contribution is 5.51. The van der Waals surface area contributed by atoms with Crippen LogP contribution < -0.4 is 10.1 Å². The third-order valence-corrected chi connectivity index (χ3v) is 3.75. The van der Waals surface area contributed by atoms with E-state index in [1.54, 1.807) is 18.6 Å². The van der Waals surface area contributed by atoms with Crippen molar-refractivity contribution in [3.8, 4) is 6.01 Å². The number of nitrogens with one attached hydrogen (secondary N) is 2. The van der Waals surface area contributed by atoms with Crippen LogP contribution in [0.5, 0.6) is 6.01 Å². The fourth-order valence-electron chi connectivity index (χ4n) is 2.53. The van der Waals surface area contributed by atoms with Crippen molar-refractivity contribution < 1.29 is 4.74 Å². The van der Waals surface area contributed by atoms with Crippen LogP contribution in [0.3, 0.4) is 0 Å². The number of fused-ring (bicyclic) bond motifs is 1. The second-order valence-corrected chi connectivity index (χ2v) is 5.56. The quantitative estimate of drug-likeness (QED) is 0.798. The fourth-order valence-corrected chi connectivity index (χ4v) is 2.53. The number of aryl methyl sites for hydroxylation is 3. The van der Waals surface area contributed by atoms with Crippen LogP contribution in [0, 0.1) is 12.5 Å². The molecule has 118 valence electrons. The summed E-state index contributed by atoms with van der Waals surface area (Å²) in [6.45, 7) is 2.05. The number of hydrogen-bond donors (Lipinski definition) is 2. The predicted molar refractivity (Wildman–Crippen MR) is 87.6 cm³/mol. The Hall–Kier alpha value is -2.76. The van der Waals surface area contributed by atoms with E-state index in [1.165, 1.54) is 24.0 Å². The Labute approximate surface area is 135 Å². The SMILES string of the molecule is Cc1cnc(OC/C(=C/Nc2ccc3c(c2)CCC3)N=N)nc1. The Morgan fingerprint density at radius 3 is 2.87 bits per heavy atom. The zero-order valence-electron chi connectivity index (χ0n) is 13.0. The van der Waals surface area contributed by atoms with Crippen LogP contribution >= 0.6 is 0 Å². The molecule has 1 aliphatic carbocycles. The lowest BCUT2D eigenvalue weighted by Crippen LogP contribution is -2.04. The molecule has 1 aliphatic rings. The second kappa shape index (κ2) is 7.00. The maximum atomic E-state index is 7.24. The molecule has 0 amide bonds. The highest BCUT2D eigenvalue weighted by atomic mass is 16.5. The van der Waals surface area contributed by atoms with E-state index in [1.807, 2.05) is 13.0 Å². The van der Waals surface area contributed by atoms with Crippen molar-refractivity contribution in [2.45, 2.75) is 26.2 Å². The van der Waals surface area contributed by atoms with E-state index >= 15 is 0 Å². The molecule has 1 aromatic heterocycles. The summed E-state index contributed by atoms with van der Waals surface area (Å²) in [5, 5.41) is 6.65. The van der Waals surface area contributed by atoms with E-state index in [2.05, 4.69) is 32.5 Å². The first kappa shape index (κ1) is 15.1. The van der Waals surface area contributed by atoms with Gasteiger partial charge in [0.05, 0.1) is 0 Å². The third-order valence-electron chi connectivity index (χ3n) is 3.75. The van der Waals surface area contributed by atoms with Gasteiger partial charge >= 0.3 is 6.01 Å². The first-order chi connectivity index (χ1) is 11.2. The summed E-state index contributed by atoms with van der Waals surface area (Å²) in [4.78, 5) is 8.12. The average Bonchev–Trinajstić information content (AvgIpc) is 3.04. The lowest BCUT2D eigenvalue weighted by atomic mass is 10.1. The van der Waals surface area contributed by atoms with Gasteiger partial charge in [-0.2, -0.15) is 5.11 Å². The highest BCUT2D eigenvalue weighted by Gasteiger charge is 2.10. The van der Waals surface area contributed by atoms with Crippen LogP contribution in [0.15, 0.2) is 47.6 Å². The van der Waals surface area contributed by atoms with Gasteiger partial charge in [-0.1, -0.05) is 6.07 Å². The van der Waals surface area contributed by atoms with Gasteiger partial charge < -0.3 is 10.1 Å². The molecule has 1 aromatic carbocycles. The zero-order valence-corrected chi connectivity index (χ0v) is 13.0. The van der Waals surface area contributed by atoms with Crippen molar-refractivity contribution in [3.63, 3.8) is 0 Å². The summed E-state index contributed by atoms with van der Waals surface area (Å²) >= 11 is 0. The first-order valence-corrected chi connectivity index (χ1v) is 7.61. The van der Waals surface area contributed by atoms with E-state index in [-0.39, 0.29) is 12.6 Å². The van der Waals surface area contributed by atoms with E-state index in [0.29, 0.717) is 5.70 Å². The lowest BCUT2D eigenvalue weighted by molar-refractivity contribution is 0.320. The minimum Gasteiger partial charge on any atom is -0.457 e. The summed E-state index contributed by atoms with van der Waals surface area (Å²) in [7, 11) is 0.